The van der Waals surface area contributed by atoms with Crippen molar-refractivity contribution in [3.63, 3.8) is 0 Å². The second-order valence-electron chi connectivity index (χ2n) is 6.36. The van der Waals surface area contributed by atoms with Crippen LogP contribution in [0.3, 0.4) is 0 Å². The monoisotopic (exact) mass is 408 g/mol. The fourth-order valence-electron chi connectivity index (χ4n) is 2.87. The van der Waals surface area contributed by atoms with E-state index in [0.29, 0.717) is 28.2 Å². The number of halogens is 1. The molecule has 144 valence electrons. The van der Waals surface area contributed by atoms with Gasteiger partial charge in [-0.3, -0.25) is 9.59 Å². The first-order valence-electron chi connectivity index (χ1n) is 8.86. The molecule has 0 aliphatic heterocycles. The van der Waals surface area contributed by atoms with Gasteiger partial charge in [-0.15, -0.1) is 22.0 Å². The number of hydrogen-bond acceptors (Lipinski definition) is 6. The maximum atomic E-state index is 12.9. The lowest BCUT2D eigenvalue weighted by atomic mass is 9.95. The molecule has 1 aromatic carbocycles. The molecule has 2 N–H and O–H groups in total. The normalized spacial score (nSPS) is 14.7. The predicted octanol–water partition coefficient (Wildman–Crippen LogP) is 3.61. The molecule has 2 amide bonds. The van der Waals surface area contributed by atoms with E-state index in [4.69, 9.17) is 0 Å². The van der Waals surface area contributed by atoms with Gasteiger partial charge in [0.25, 0.3) is 5.91 Å². The molecule has 0 saturated heterocycles. The molecule has 1 heterocycles. The fourth-order valence-corrected chi connectivity index (χ4v) is 4.49. The summed E-state index contributed by atoms with van der Waals surface area (Å²) in [6, 6.07) is 5.83. The molecule has 1 fully saturated rings. The highest BCUT2D eigenvalue weighted by molar-refractivity contribution is 7.99. The quantitative estimate of drug-likeness (QED) is 0.731. The van der Waals surface area contributed by atoms with Crippen LogP contribution in [0.15, 0.2) is 24.3 Å². The van der Waals surface area contributed by atoms with Gasteiger partial charge in [-0.2, -0.15) is 0 Å². The van der Waals surface area contributed by atoms with Gasteiger partial charge >= 0.3 is 0 Å². The van der Waals surface area contributed by atoms with Gasteiger partial charge in [-0.05, 0) is 37.1 Å². The second-order valence-corrected chi connectivity index (χ2v) is 8.40. The number of anilines is 1. The minimum absolute atomic E-state index is 0.0469. The fraction of sp³-hybridized carbons (Fsp3) is 0.444. The average Bonchev–Trinajstić information content (AvgIpc) is 3.13. The number of amides is 2. The first-order chi connectivity index (χ1) is 13.1. The van der Waals surface area contributed by atoms with E-state index < -0.39 is 0 Å². The van der Waals surface area contributed by atoms with Gasteiger partial charge in [0, 0.05) is 17.5 Å². The van der Waals surface area contributed by atoms with Crippen LogP contribution in [0.25, 0.3) is 0 Å². The molecule has 2 aromatic rings. The number of hydrogen-bond donors (Lipinski definition) is 2. The largest absolute Gasteiger partial charge is 0.353 e. The van der Waals surface area contributed by atoms with Crippen molar-refractivity contribution < 1.29 is 14.0 Å². The first kappa shape index (κ1) is 19.8. The van der Waals surface area contributed by atoms with Crippen molar-refractivity contribution in [3.8, 4) is 0 Å². The number of aromatic nitrogens is 2. The summed E-state index contributed by atoms with van der Waals surface area (Å²) in [7, 11) is 0. The van der Waals surface area contributed by atoms with E-state index in [-0.39, 0.29) is 22.6 Å². The van der Waals surface area contributed by atoms with Crippen LogP contribution >= 0.6 is 23.1 Å². The van der Waals surface area contributed by atoms with Gasteiger partial charge in [0.1, 0.15) is 10.8 Å². The van der Waals surface area contributed by atoms with Crippen LogP contribution < -0.4 is 10.6 Å². The van der Waals surface area contributed by atoms with E-state index in [1.807, 2.05) is 0 Å². The molecule has 0 radical (unpaired) electrons. The van der Waals surface area contributed by atoms with Crippen LogP contribution in [-0.2, 0) is 10.5 Å². The van der Waals surface area contributed by atoms with Crippen molar-refractivity contribution in [1.29, 1.82) is 0 Å². The SMILES string of the molecule is O=C(CSCc1nnc(C(=O)Nc2ccc(F)cc2)s1)NC1CCCCC1. The molecule has 1 saturated carbocycles. The number of nitrogens with zero attached hydrogens (tertiary/aromatic N) is 2. The summed E-state index contributed by atoms with van der Waals surface area (Å²) in [5.74, 6) is 0.194. The Morgan fingerprint density at radius 1 is 1.15 bits per heavy atom. The zero-order valence-corrected chi connectivity index (χ0v) is 16.4. The van der Waals surface area contributed by atoms with E-state index in [0.717, 1.165) is 12.8 Å². The minimum atomic E-state index is -0.384. The Morgan fingerprint density at radius 3 is 2.63 bits per heavy atom. The Bertz CT molecular complexity index is 776. The molecule has 0 atom stereocenters. The lowest BCUT2D eigenvalue weighted by molar-refractivity contribution is -0.119. The zero-order chi connectivity index (χ0) is 19.1. The van der Waals surface area contributed by atoms with Crippen LogP contribution in [0.5, 0.6) is 0 Å². The minimum Gasteiger partial charge on any atom is -0.353 e. The van der Waals surface area contributed by atoms with Crippen molar-refractivity contribution in [1.82, 2.24) is 15.5 Å². The number of rotatable bonds is 7. The van der Waals surface area contributed by atoms with Crippen molar-refractivity contribution in [2.45, 2.75) is 43.9 Å². The molecule has 1 aliphatic rings. The molecule has 0 unspecified atom stereocenters. The highest BCUT2D eigenvalue weighted by Gasteiger charge is 2.16. The maximum absolute atomic E-state index is 12.9. The van der Waals surface area contributed by atoms with Gasteiger partial charge in [0.2, 0.25) is 10.9 Å². The van der Waals surface area contributed by atoms with Crippen molar-refractivity contribution in [2.75, 3.05) is 11.1 Å². The predicted molar refractivity (Wildman–Crippen MR) is 105 cm³/mol. The summed E-state index contributed by atoms with van der Waals surface area (Å²) in [6.45, 7) is 0. The topological polar surface area (TPSA) is 84.0 Å². The Morgan fingerprint density at radius 2 is 1.89 bits per heavy atom. The van der Waals surface area contributed by atoms with Gasteiger partial charge in [0.15, 0.2) is 0 Å². The van der Waals surface area contributed by atoms with E-state index >= 15 is 0 Å². The summed E-state index contributed by atoms with van der Waals surface area (Å²) in [6.07, 6.45) is 5.77. The molecule has 3 rings (SSSR count). The van der Waals surface area contributed by atoms with Gasteiger partial charge in [-0.1, -0.05) is 30.6 Å². The molecule has 0 spiro atoms. The first-order valence-corrected chi connectivity index (χ1v) is 10.8. The standard InChI is InChI=1S/C18H21FN4O2S2/c19-12-6-8-14(9-7-12)21-17(25)18-23-22-16(27-18)11-26-10-15(24)20-13-4-2-1-3-5-13/h6-9,13H,1-5,10-11H2,(H,20,24)(H,21,25). The molecule has 0 bridgehead atoms. The number of benzene rings is 1. The third-order valence-corrected chi connectivity index (χ3v) is 6.24. The molecule has 1 aromatic heterocycles. The van der Waals surface area contributed by atoms with Gasteiger partial charge < -0.3 is 10.6 Å². The lowest BCUT2D eigenvalue weighted by Gasteiger charge is -2.22. The van der Waals surface area contributed by atoms with Gasteiger partial charge in [-0.25, -0.2) is 4.39 Å². The molecule has 1 aliphatic carbocycles. The van der Waals surface area contributed by atoms with Crippen molar-refractivity contribution in [2.24, 2.45) is 0 Å². The number of nitrogens with one attached hydrogen (secondary N) is 2. The smallest absolute Gasteiger partial charge is 0.286 e. The lowest BCUT2D eigenvalue weighted by Crippen LogP contribution is -2.37. The molecular formula is C18H21FN4O2S2. The van der Waals surface area contributed by atoms with Crippen LogP contribution in [0.2, 0.25) is 0 Å². The van der Waals surface area contributed by atoms with Crippen molar-refractivity contribution in [3.05, 3.63) is 40.1 Å². The number of carbonyl (C=O) groups excluding carboxylic acids is 2. The van der Waals surface area contributed by atoms with E-state index in [9.17, 15) is 14.0 Å². The Kier molecular flexibility index (Phi) is 7.17. The second kappa shape index (κ2) is 9.80. The Labute approximate surface area is 165 Å². The zero-order valence-electron chi connectivity index (χ0n) is 14.7. The molecule has 6 nitrogen and oxygen atoms in total. The summed E-state index contributed by atoms with van der Waals surface area (Å²) in [5.41, 5.74) is 0.493. The number of thioether (sulfide) groups is 1. The van der Waals surface area contributed by atoms with E-state index in [2.05, 4.69) is 20.8 Å². The highest BCUT2D eigenvalue weighted by Crippen LogP contribution is 2.20. The maximum Gasteiger partial charge on any atom is 0.286 e. The van der Waals surface area contributed by atoms with Gasteiger partial charge in [0.05, 0.1) is 5.75 Å². The third kappa shape index (κ3) is 6.28. The van der Waals surface area contributed by atoms with E-state index in [1.165, 1.54) is 66.6 Å². The summed E-state index contributed by atoms with van der Waals surface area (Å²) >= 11 is 2.65. The summed E-state index contributed by atoms with van der Waals surface area (Å²) < 4.78 is 12.9. The van der Waals surface area contributed by atoms with E-state index in [1.54, 1.807) is 0 Å². The molecule has 9 heteroatoms. The summed E-state index contributed by atoms with van der Waals surface area (Å²) in [4.78, 5) is 24.1. The molecule has 27 heavy (non-hydrogen) atoms. The number of carbonyl (C=O) groups is 2. The van der Waals surface area contributed by atoms with Crippen LogP contribution in [-0.4, -0.2) is 33.8 Å². The highest BCUT2D eigenvalue weighted by atomic mass is 32.2. The summed E-state index contributed by atoms with van der Waals surface area (Å²) in [5, 5.41) is 14.5. The Hall–Kier alpha value is -2.00. The van der Waals surface area contributed by atoms with Crippen molar-refractivity contribution >= 4 is 40.6 Å². The average molecular weight is 409 g/mol. The molecular weight excluding hydrogens is 387 g/mol. The van der Waals surface area contributed by atoms with Crippen LogP contribution in [0.1, 0.15) is 46.9 Å². The third-order valence-electron chi connectivity index (χ3n) is 4.19. The van der Waals surface area contributed by atoms with Crippen LogP contribution in [0.4, 0.5) is 10.1 Å². The van der Waals surface area contributed by atoms with Crippen LogP contribution in [0, 0.1) is 5.82 Å². The Balaban J connectivity index is 1.41.